The zero-order valence-corrected chi connectivity index (χ0v) is 17.5. The molecule has 3 aromatic rings. The molecule has 0 atom stereocenters. The van der Waals surface area contributed by atoms with Crippen molar-refractivity contribution in [3.8, 4) is 0 Å². The molecule has 0 unspecified atom stereocenters. The number of hydrogen-bond acceptors (Lipinski definition) is 5. The lowest BCUT2D eigenvalue weighted by molar-refractivity contribution is -0.385. The number of benzene rings is 1. The number of nitrogens with zero attached hydrogens (tertiary/aromatic N) is 5. The molecule has 0 aliphatic carbocycles. The van der Waals surface area contributed by atoms with Gasteiger partial charge in [-0.1, -0.05) is 29.3 Å². The minimum Gasteiger partial charge on any atom is -0.321 e. The first-order valence-electron chi connectivity index (χ1n) is 8.62. The second-order valence-corrected chi connectivity index (χ2v) is 7.30. The van der Waals surface area contributed by atoms with E-state index in [0.29, 0.717) is 33.7 Å². The minimum absolute atomic E-state index is 0.130. The lowest BCUT2D eigenvalue weighted by Crippen LogP contribution is -2.21. The monoisotopic (exact) mass is 436 g/mol. The van der Waals surface area contributed by atoms with Crippen molar-refractivity contribution >= 4 is 40.5 Å². The molecule has 1 aromatic carbocycles. The van der Waals surface area contributed by atoms with Gasteiger partial charge in [0, 0.05) is 15.6 Å². The quantitative estimate of drug-likeness (QED) is 0.465. The van der Waals surface area contributed by atoms with Crippen LogP contribution in [-0.2, 0) is 17.9 Å². The van der Waals surface area contributed by atoms with E-state index in [0.717, 1.165) is 17.5 Å². The van der Waals surface area contributed by atoms with Gasteiger partial charge < -0.3 is 5.32 Å². The summed E-state index contributed by atoms with van der Waals surface area (Å²) >= 11 is 12.5. The van der Waals surface area contributed by atoms with Crippen LogP contribution < -0.4 is 5.32 Å². The molecule has 0 saturated heterocycles. The van der Waals surface area contributed by atoms with Crippen LogP contribution in [0.1, 0.15) is 22.6 Å². The Hall–Kier alpha value is -2.91. The van der Waals surface area contributed by atoms with Crippen LogP contribution in [-0.4, -0.2) is 30.4 Å². The Morgan fingerprint density at radius 2 is 1.83 bits per heavy atom. The van der Waals surface area contributed by atoms with Crippen molar-refractivity contribution in [1.29, 1.82) is 0 Å². The van der Waals surface area contributed by atoms with Gasteiger partial charge in [0.2, 0.25) is 5.91 Å². The highest BCUT2D eigenvalue weighted by atomic mass is 35.5. The van der Waals surface area contributed by atoms with E-state index in [1.54, 1.807) is 36.7 Å². The second-order valence-electron chi connectivity index (χ2n) is 6.48. The maximum Gasteiger partial charge on any atom is 0.309 e. The van der Waals surface area contributed by atoms with Gasteiger partial charge >= 0.3 is 5.69 Å². The zero-order chi connectivity index (χ0) is 21.3. The van der Waals surface area contributed by atoms with Crippen LogP contribution in [0.3, 0.4) is 0 Å². The van der Waals surface area contributed by atoms with E-state index < -0.39 is 4.92 Å². The average molecular weight is 437 g/mol. The lowest BCUT2D eigenvalue weighted by atomic mass is 10.2. The van der Waals surface area contributed by atoms with Crippen LogP contribution in [0.15, 0.2) is 24.4 Å². The van der Waals surface area contributed by atoms with Gasteiger partial charge in [0.05, 0.1) is 28.5 Å². The number of rotatable bonds is 6. The molecule has 0 aliphatic heterocycles. The summed E-state index contributed by atoms with van der Waals surface area (Å²) in [6.45, 7) is 5.34. The highest BCUT2D eigenvalue weighted by molar-refractivity contribution is 6.35. The Labute approximate surface area is 176 Å². The molecule has 0 bridgehead atoms. The SMILES string of the molecule is Cc1nn(Cc2c(Cl)cccc2Cl)c(C)c1NC(=O)Cn1ncc([N+](=O)[O-])c1C. The van der Waals surface area contributed by atoms with Crippen LogP contribution in [0, 0.1) is 30.9 Å². The van der Waals surface area contributed by atoms with Gasteiger partial charge in [0.25, 0.3) is 0 Å². The number of aromatic nitrogens is 4. The molecule has 0 radical (unpaired) electrons. The standard InChI is InChI=1S/C18H18Cl2N6O3/c1-10-18(22-17(27)9-24-11(2)16(7-21-24)26(28)29)12(3)25(23-10)8-13-14(19)5-4-6-15(13)20/h4-7H,8-9H2,1-3H3,(H,22,27). The van der Waals surface area contributed by atoms with Gasteiger partial charge in [-0.15, -0.1) is 0 Å². The molecule has 29 heavy (non-hydrogen) atoms. The summed E-state index contributed by atoms with van der Waals surface area (Å²) in [5.74, 6) is -0.368. The summed E-state index contributed by atoms with van der Waals surface area (Å²) in [5.41, 5.74) is 2.84. The molecule has 2 aromatic heterocycles. The number of amides is 1. The molecule has 152 valence electrons. The Morgan fingerprint density at radius 1 is 1.17 bits per heavy atom. The van der Waals surface area contributed by atoms with Crippen molar-refractivity contribution < 1.29 is 9.72 Å². The Balaban J connectivity index is 1.78. The van der Waals surface area contributed by atoms with Gasteiger partial charge in [-0.3, -0.25) is 24.3 Å². The van der Waals surface area contributed by atoms with E-state index in [1.807, 2.05) is 6.92 Å². The van der Waals surface area contributed by atoms with Gasteiger partial charge in [0.15, 0.2) is 0 Å². The molecule has 11 heteroatoms. The molecule has 1 amide bonds. The van der Waals surface area contributed by atoms with E-state index in [1.165, 1.54) is 4.68 Å². The molecule has 0 aliphatic rings. The summed E-state index contributed by atoms with van der Waals surface area (Å²) in [6, 6.07) is 5.27. The molecule has 0 saturated carbocycles. The Bertz CT molecular complexity index is 1090. The summed E-state index contributed by atoms with van der Waals surface area (Å²) in [4.78, 5) is 22.9. The summed E-state index contributed by atoms with van der Waals surface area (Å²) in [7, 11) is 0. The number of hydrogen-bond donors (Lipinski definition) is 1. The van der Waals surface area contributed by atoms with Crippen molar-refractivity contribution in [2.75, 3.05) is 5.32 Å². The summed E-state index contributed by atoms with van der Waals surface area (Å²) in [5, 5.41) is 23.2. The number of halogens is 2. The molecule has 3 rings (SSSR count). The smallest absolute Gasteiger partial charge is 0.309 e. The fourth-order valence-electron chi connectivity index (χ4n) is 2.96. The van der Waals surface area contributed by atoms with E-state index in [9.17, 15) is 14.9 Å². The van der Waals surface area contributed by atoms with Crippen LogP contribution in [0.2, 0.25) is 10.0 Å². The predicted molar refractivity (Wildman–Crippen MR) is 110 cm³/mol. The van der Waals surface area contributed by atoms with Crippen molar-refractivity contribution in [3.05, 3.63) is 67.2 Å². The molecule has 0 fully saturated rings. The topological polar surface area (TPSA) is 108 Å². The van der Waals surface area contributed by atoms with Gasteiger partial charge in [-0.05, 0) is 32.9 Å². The largest absolute Gasteiger partial charge is 0.321 e. The number of anilines is 1. The summed E-state index contributed by atoms with van der Waals surface area (Å²) in [6.07, 6.45) is 1.13. The normalized spacial score (nSPS) is 10.9. The number of nitro groups is 1. The van der Waals surface area contributed by atoms with Crippen LogP contribution >= 0.6 is 23.2 Å². The average Bonchev–Trinajstić information content (AvgIpc) is 3.13. The highest BCUT2D eigenvalue weighted by Gasteiger charge is 2.20. The van der Waals surface area contributed by atoms with Gasteiger partial charge in [0.1, 0.15) is 18.4 Å². The van der Waals surface area contributed by atoms with Gasteiger partial charge in [-0.2, -0.15) is 10.2 Å². The molecule has 2 heterocycles. The first-order chi connectivity index (χ1) is 13.7. The van der Waals surface area contributed by atoms with E-state index in [-0.39, 0.29) is 18.1 Å². The van der Waals surface area contributed by atoms with Crippen molar-refractivity contribution in [1.82, 2.24) is 19.6 Å². The van der Waals surface area contributed by atoms with E-state index in [4.69, 9.17) is 23.2 Å². The summed E-state index contributed by atoms with van der Waals surface area (Å²) < 4.78 is 2.99. The van der Waals surface area contributed by atoms with Crippen molar-refractivity contribution in [2.45, 2.75) is 33.9 Å². The predicted octanol–water partition coefficient (Wildman–Crippen LogP) is 3.91. The first kappa shape index (κ1) is 20.8. The highest BCUT2D eigenvalue weighted by Crippen LogP contribution is 2.27. The first-order valence-corrected chi connectivity index (χ1v) is 9.38. The van der Waals surface area contributed by atoms with Crippen molar-refractivity contribution in [3.63, 3.8) is 0 Å². The maximum absolute atomic E-state index is 12.5. The Morgan fingerprint density at radius 3 is 2.41 bits per heavy atom. The Kier molecular flexibility index (Phi) is 5.90. The minimum atomic E-state index is -0.533. The second kappa shape index (κ2) is 8.22. The third kappa shape index (κ3) is 4.25. The zero-order valence-electron chi connectivity index (χ0n) is 15.9. The van der Waals surface area contributed by atoms with Crippen LogP contribution in [0.4, 0.5) is 11.4 Å². The number of carbonyl (C=O) groups excluding carboxylic acids is 1. The lowest BCUT2D eigenvalue weighted by Gasteiger charge is -2.10. The molecule has 9 nitrogen and oxygen atoms in total. The number of carbonyl (C=O) groups is 1. The molecular weight excluding hydrogens is 419 g/mol. The molecule has 1 N–H and O–H groups in total. The van der Waals surface area contributed by atoms with Crippen molar-refractivity contribution in [2.24, 2.45) is 0 Å². The fourth-order valence-corrected chi connectivity index (χ4v) is 3.47. The number of nitrogens with one attached hydrogen (secondary N) is 1. The van der Waals surface area contributed by atoms with Gasteiger partial charge in [-0.25, -0.2) is 0 Å². The maximum atomic E-state index is 12.5. The third-order valence-corrected chi connectivity index (χ3v) is 5.29. The van der Waals surface area contributed by atoms with Crippen LogP contribution in [0.5, 0.6) is 0 Å². The fraction of sp³-hybridized carbons (Fsp3) is 0.278. The van der Waals surface area contributed by atoms with E-state index in [2.05, 4.69) is 15.5 Å². The van der Waals surface area contributed by atoms with E-state index >= 15 is 0 Å². The molecule has 0 spiro atoms. The third-order valence-electron chi connectivity index (χ3n) is 4.58. The number of aryl methyl sites for hydroxylation is 1. The van der Waals surface area contributed by atoms with Crippen LogP contribution in [0.25, 0.3) is 0 Å². The molecular formula is C18H18Cl2N6O3.